The van der Waals surface area contributed by atoms with Gasteiger partial charge in [0.1, 0.15) is 0 Å². The van der Waals surface area contributed by atoms with Crippen LogP contribution in [0.15, 0.2) is 22.8 Å². The topological polar surface area (TPSA) is 84.1 Å². The predicted molar refractivity (Wildman–Crippen MR) is 94.1 cm³/mol. The molecule has 2 aliphatic rings. The Balaban J connectivity index is 1.49. The second-order valence-corrected chi connectivity index (χ2v) is 7.52. The summed E-state index contributed by atoms with van der Waals surface area (Å²) in [6, 6.07) is 3.75. The van der Waals surface area contributed by atoms with Gasteiger partial charge in [-0.25, -0.2) is 0 Å². The third-order valence-electron chi connectivity index (χ3n) is 5.58. The van der Waals surface area contributed by atoms with E-state index in [0.29, 0.717) is 6.54 Å². The second-order valence-electron chi connectivity index (χ2n) is 7.52. The molecule has 2 N–H and O–H groups in total. The van der Waals surface area contributed by atoms with Crippen LogP contribution < -0.4 is 10.2 Å². The van der Waals surface area contributed by atoms with Gasteiger partial charge in [0.05, 0.1) is 38.7 Å². The molecule has 1 aliphatic carbocycles. The van der Waals surface area contributed by atoms with Gasteiger partial charge in [-0.15, -0.1) is 0 Å². The fourth-order valence-corrected chi connectivity index (χ4v) is 4.05. The molecular formula is C19H28N3O4+. The van der Waals surface area contributed by atoms with Gasteiger partial charge in [0.2, 0.25) is 17.7 Å². The Labute approximate surface area is 153 Å². The van der Waals surface area contributed by atoms with Crippen molar-refractivity contribution in [3.8, 4) is 0 Å². The monoisotopic (exact) mass is 362 g/mol. The summed E-state index contributed by atoms with van der Waals surface area (Å²) in [5.41, 5.74) is 0. The van der Waals surface area contributed by atoms with Crippen LogP contribution in [0.5, 0.6) is 0 Å². The molecular weight excluding hydrogens is 334 g/mol. The third-order valence-corrected chi connectivity index (χ3v) is 5.58. The molecule has 0 spiro atoms. The molecule has 2 fully saturated rings. The van der Waals surface area contributed by atoms with Crippen molar-refractivity contribution < 1.29 is 23.7 Å². The summed E-state index contributed by atoms with van der Waals surface area (Å²) in [6.07, 6.45) is 5.38. The van der Waals surface area contributed by atoms with Crippen molar-refractivity contribution in [1.29, 1.82) is 0 Å². The van der Waals surface area contributed by atoms with Gasteiger partial charge in [-0.2, -0.15) is 0 Å². The molecule has 2 heterocycles. The number of carbonyl (C=O) groups is 3. The van der Waals surface area contributed by atoms with Crippen molar-refractivity contribution in [3.63, 3.8) is 0 Å². The Bertz CT molecular complexity index is 632. The van der Waals surface area contributed by atoms with Crippen LogP contribution in [0.25, 0.3) is 0 Å². The summed E-state index contributed by atoms with van der Waals surface area (Å²) in [5, 5.41) is 2.90. The van der Waals surface area contributed by atoms with Crippen LogP contribution in [0.3, 0.4) is 0 Å². The molecule has 0 radical (unpaired) electrons. The molecule has 142 valence electrons. The number of amides is 3. The molecule has 0 unspecified atom stereocenters. The zero-order chi connectivity index (χ0) is 18.7. The van der Waals surface area contributed by atoms with Crippen molar-refractivity contribution in [2.45, 2.75) is 38.1 Å². The van der Waals surface area contributed by atoms with Crippen molar-refractivity contribution in [2.75, 3.05) is 27.2 Å². The molecule has 3 rings (SSSR count). The first-order valence-electron chi connectivity index (χ1n) is 9.44. The van der Waals surface area contributed by atoms with Gasteiger partial charge in [-0.1, -0.05) is 12.8 Å². The number of nitrogens with one attached hydrogen (secondary N) is 2. The number of hydrogen-bond donors (Lipinski definition) is 2. The van der Waals surface area contributed by atoms with E-state index in [9.17, 15) is 14.4 Å². The summed E-state index contributed by atoms with van der Waals surface area (Å²) in [4.78, 5) is 39.5. The van der Waals surface area contributed by atoms with E-state index in [1.165, 1.54) is 4.90 Å². The van der Waals surface area contributed by atoms with E-state index >= 15 is 0 Å². The quantitative estimate of drug-likeness (QED) is 0.676. The van der Waals surface area contributed by atoms with Gasteiger partial charge in [-0.05, 0) is 25.0 Å². The summed E-state index contributed by atoms with van der Waals surface area (Å²) in [6.45, 7) is 0.624. The Kier molecular flexibility index (Phi) is 5.76. The maximum Gasteiger partial charge on any atom is 0.233 e. The number of rotatable bonds is 7. The van der Waals surface area contributed by atoms with Gasteiger partial charge in [0.25, 0.3) is 0 Å². The lowest BCUT2D eigenvalue weighted by molar-refractivity contribution is -0.891. The molecule has 1 saturated heterocycles. The maximum absolute atomic E-state index is 12.4. The average Bonchev–Trinajstić information content (AvgIpc) is 3.22. The van der Waals surface area contributed by atoms with Crippen molar-refractivity contribution in [1.82, 2.24) is 10.2 Å². The van der Waals surface area contributed by atoms with E-state index in [1.807, 2.05) is 26.2 Å². The largest absolute Gasteiger partial charge is 0.463 e. The summed E-state index contributed by atoms with van der Waals surface area (Å²) < 4.78 is 5.44. The van der Waals surface area contributed by atoms with E-state index in [2.05, 4.69) is 5.32 Å². The molecule has 3 amide bonds. The van der Waals surface area contributed by atoms with Crippen LogP contribution in [0, 0.1) is 11.8 Å². The van der Waals surface area contributed by atoms with Gasteiger partial charge in [0, 0.05) is 13.0 Å². The Morgan fingerprint density at radius 3 is 2.46 bits per heavy atom. The first kappa shape index (κ1) is 18.6. The number of likely N-dealkylation sites (tertiary alicyclic amines) is 1. The minimum Gasteiger partial charge on any atom is -0.463 e. The number of likely N-dealkylation sites (N-methyl/N-ethyl adjacent to an activating group) is 1. The predicted octanol–water partition coefficient (Wildman–Crippen LogP) is 0.147. The lowest BCUT2D eigenvalue weighted by Crippen LogP contribution is -3.07. The van der Waals surface area contributed by atoms with Gasteiger partial charge in [0.15, 0.2) is 11.8 Å². The van der Waals surface area contributed by atoms with Crippen molar-refractivity contribution in [3.05, 3.63) is 24.2 Å². The summed E-state index contributed by atoms with van der Waals surface area (Å²) in [7, 11) is 4.01. The molecule has 7 heteroatoms. The fourth-order valence-electron chi connectivity index (χ4n) is 4.05. The maximum atomic E-state index is 12.4. The SMILES string of the molecule is C[NH+](C)[C@@H](CNC(=O)CCN1C(=O)[C@H]2CCCC[C@@H]2C1=O)c1ccco1. The van der Waals surface area contributed by atoms with Crippen LogP contribution in [0.4, 0.5) is 0 Å². The number of fused-ring (bicyclic) bond motifs is 1. The van der Waals surface area contributed by atoms with E-state index in [4.69, 9.17) is 4.42 Å². The minimum absolute atomic E-state index is 0.0202. The molecule has 26 heavy (non-hydrogen) atoms. The van der Waals surface area contributed by atoms with E-state index in [-0.39, 0.29) is 48.6 Å². The fraction of sp³-hybridized carbons (Fsp3) is 0.632. The summed E-state index contributed by atoms with van der Waals surface area (Å²) in [5.74, 6) is 0.190. The number of nitrogens with zero attached hydrogens (tertiary/aromatic N) is 1. The smallest absolute Gasteiger partial charge is 0.233 e. The number of hydrogen-bond acceptors (Lipinski definition) is 4. The molecule has 1 aliphatic heterocycles. The van der Waals surface area contributed by atoms with Gasteiger partial charge >= 0.3 is 0 Å². The molecule has 1 saturated carbocycles. The lowest BCUT2D eigenvalue weighted by Gasteiger charge is -2.20. The average molecular weight is 362 g/mol. The molecule has 3 atom stereocenters. The lowest BCUT2D eigenvalue weighted by atomic mass is 9.81. The molecule has 0 aromatic carbocycles. The first-order valence-corrected chi connectivity index (χ1v) is 9.44. The normalized spacial score (nSPS) is 24.0. The number of furan rings is 1. The Morgan fingerprint density at radius 2 is 1.92 bits per heavy atom. The molecule has 1 aromatic rings. The highest BCUT2D eigenvalue weighted by Crippen LogP contribution is 2.37. The number of quaternary nitrogens is 1. The van der Waals surface area contributed by atoms with Gasteiger partial charge in [-0.3, -0.25) is 19.3 Å². The molecule has 7 nitrogen and oxygen atoms in total. The van der Waals surface area contributed by atoms with Crippen LogP contribution in [-0.4, -0.2) is 49.8 Å². The molecule has 1 aromatic heterocycles. The Hall–Kier alpha value is -2.15. The number of carbonyl (C=O) groups excluding carboxylic acids is 3. The number of imide groups is 1. The van der Waals surface area contributed by atoms with E-state index in [1.54, 1.807) is 6.26 Å². The van der Waals surface area contributed by atoms with Crippen LogP contribution >= 0.6 is 0 Å². The highest BCUT2D eigenvalue weighted by molar-refractivity contribution is 6.05. The van der Waals surface area contributed by atoms with Crippen LogP contribution in [-0.2, 0) is 14.4 Å². The Morgan fingerprint density at radius 1 is 1.27 bits per heavy atom. The van der Waals surface area contributed by atoms with Crippen molar-refractivity contribution >= 4 is 17.7 Å². The zero-order valence-corrected chi connectivity index (χ0v) is 15.5. The standard InChI is InChI=1S/C19H27N3O4/c1-21(2)15(16-8-5-11-26-16)12-20-17(23)9-10-22-18(24)13-6-3-4-7-14(13)19(22)25/h5,8,11,13-15H,3-4,6-7,9-10,12H2,1-2H3,(H,20,23)/p+1/t13-,14-,15-/m0/s1. The molecule has 0 bridgehead atoms. The second kappa shape index (κ2) is 8.03. The highest BCUT2D eigenvalue weighted by atomic mass is 16.3. The van der Waals surface area contributed by atoms with Gasteiger partial charge < -0.3 is 14.6 Å². The third kappa shape index (κ3) is 3.82. The first-order chi connectivity index (χ1) is 12.5. The van der Waals surface area contributed by atoms with Crippen LogP contribution in [0.1, 0.15) is 43.9 Å². The zero-order valence-electron chi connectivity index (χ0n) is 15.5. The highest BCUT2D eigenvalue weighted by Gasteiger charge is 2.47. The summed E-state index contributed by atoms with van der Waals surface area (Å²) >= 11 is 0. The van der Waals surface area contributed by atoms with Crippen LogP contribution in [0.2, 0.25) is 0 Å². The van der Waals surface area contributed by atoms with E-state index in [0.717, 1.165) is 36.3 Å². The van der Waals surface area contributed by atoms with Crippen molar-refractivity contribution in [2.24, 2.45) is 11.8 Å². The van der Waals surface area contributed by atoms with E-state index < -0.39 is 0 Å². The minimum atomic E-state index is -0.154.